The molecule has 6 fully saturated rings. The van der Waals surface area contributed by atoms with Gasteiger partial charge in [0, 0.05) is 111 Å². The molecule has 6 saturated heterocycles. The average Bonchev–Trinajstić information content (AvgIpc) is 3.85. The summed E-state index contributed by atoms with van der Waals surface area (Å²) >= 11 is 0. The fraction of sp³-hybridized carbons (Fsp3) is 0.481. The zero-order chi connectivity index (χ0) is 60.8. The summed E-state index contributed by atoms with van der Waals surface area (Å²) in [5.41, 5.74) is -0.347. The zero-order valence-electron chi connectivity index (χ0n) is 45.3. The molecule has 2 unspecified atom stereocenters. The van der Waals surface area contributed by atoms with Crippen LogP contribution in [0.15, 0.2) is 107 Å². The van der Waals surface area contributed by atoms with E-state index in [2.05, 4.69) is 9.97 Å². The van der Waals surface area contributed by atoms with E-state index >= 15 is 0 Å². The fourth-order valence-corrected chi connectivity index (χ4v) is 13.1. The van der Waals surface area contributed by atoms with E-state index in [1.165, 1.54) is 48.8 Å². The van der Waals surface area contributed by atoms with Crippen molar-refractivity contribution in [1.29, 1.82) is 10.5 Å². The number of nitriles is 2. The molecule has 84 heavy (non-hydrogen) atoms. The number of ether oxygens (including phenoxy) is 4. The van der Waals surface area contributed by atoms with E-state index in [4.69, 9.17) is 18.9 Å². The molecule has 0 saturated carbocycles. The number of halogens is 10. The molecule has 0 aliphatic carbocycles. The first-order valence-electron chi connectivity index (χ1n) is 26.6. The Morgan fingerprint density at radius 3 is 1.23 bits per heavy atom. The van der Waals surface area contributed by atoms with Crippen molar-refractivity contribution in [3.63, 3.8) is 0 Å². The molecule has 0 radical (unpaired) electrons. The molecule has 4 amide bonds. The Bertz CT molecular complexity index is 2990. The van der Waals surface area contributed by atoms with E-state index in [0.29, 0.717) is 65.4 Å². The van der Waals surface area contributed by atoms with Crippen molar-refractivity contribution in [2.75, 3.05) is 89.7 Å². The van der Waals surface area contributed by atoms with E-state index < -0.39 is 90.2 Å². The van der Waals surface area contributed by atoms with Crippen molar-refractivity contribution in [1.82, 2.24) is 29.6 Å². The van der Waals surface area contributed by atoms with Crippen LogP contribution in [0.4, 0.5) is 50.2 Å². The number of benzene rings is 2. The van der Waals surface area contributed by atoms with E-state index in [0.717, 1.165) is 46.9 Å². The third kappa shape index (κ3) is 13.1. The van der Waals surface area contributed by atoms with Gasteiger partial charge in [-0.1, -0.05) is 51.0 Å². The second-order valence-corrected chi connectivity index (χ2v) is 27.0. The number of piperidine rings is 2. The first-order valence-corrected chi connectivity index (χ1v) is 30.5. The Morgan fingerprint density at radius 2 is 0.952 bits per heavy atom. The van der Waals surface area contributed by atoms with Gasteiger partial charge in [0.2, 0.25) is 11.8 Å². The highest BCUT2D eigenvalue weighted by Crippen LogP contribution is 3.02. The molecule has 8 heterocycles. The van der Waals surface area contributed by atoms with Gasteiger partial charge in [0.05, 0.1) is 51.7 Å². The maximum Gasteiger partial charge on any atom is 0.310 e. The Hall–Kier alpha value is -6.96. The van der Waals surface area contributed by atoms with Crippen LogP contribution in [-0.2, 0) is 38.1 Å². The Balaban J connectivity index is 0.000000202. The van der Waals surface area contributed by atoms with Gasteiger partial charge in [0.1, 0.15) is 34.0 Å². The normalized spacial score (nSPS) is 24.2. The van der Waals surface area contributed by atoms with Crippen LogP contribution in [0.25, 0.3) is 0 Å². The van der Waals surface area contributed by atoms with Crippen LogP contribution in [-0.4, -0.2) is 157 Å². The Morgan fingerprint density at radius 1 is 0.595 bits per heavy atom. The van der Waals surface area contributed by atoms with Gasteiger partial charge in [0.15, 0.2) is 12.4 Å². The minimum atomic E-state index is -10.0. The molecule has 6 aliphatic rings. The molecule has 6 atom stereocenters. The summed E-state index contributed by atoms with van der Waals surface area (Å²) in [4.78, 5) is 68.7. The number of methoxy groups -OCH3 is 2. The van der Waals surface area contributed by atoms with E-state index in [-0.39, 0.29) is 83.5 Å². The minimum Gasteiger partial charge on any atom is -0.380 e. The Kier molecular flexibility index (Phi) is 15.8. The molecular weight excluding hydrogens is 1170 g/mol. The molecule has 6 aliphatic heterocycles. The Labute approximate surface area is 477 Å². The lowest BCUT2D eigenvalue weighted by atomic mass is 9.78. The number of hydrogen-bond acceptors (Lipinski definition) is 14. The number of nitrogens with zero attached hydrogens (tertiary/aromatic N) is 10. The summed E-state index contributed by atoms with van der Waals surface area (Å²) < 4.78 is 157. The molecule has 2 aromatic carbocycles. The van der Waals surface area contributed by atoms with Gasteiger partial charge in [-0.05, 0) is 86.3 Å². The predicted octanol–water partition coefficient (Wildman–Crippen LogP) is 10.0. The van der Waals surface area contributed by atoms with E-state index in [9.17, 15) is 68.6 Å². The molecule has 2 aromatic heterocycles. The smallest absolute Gasteiger partial charge is 0.310 e. The summed E-state index contributed by atoms with van der Waals surface area (Å²) in [6.07, 6.45) is 11.8. The van der Waals surface area contributed by atoms with Crippen molar-refractivity contribution in [2.24, 2.45) is 10.8 Å². The highest BCUT2D eigenvalue weighted by molar-refractivity contribution is 8.46. The van der Waals surface area contributed by atoms with Gasteiger partial charge >= 0.3 is 20.4 Å². The minimum absolute atomic E-state index is 0.0705. The quantitative estimate of drug-likeness (QED) is 0.0854. The summed E-state index contributed by atoms with van der Waals surface area (Å²) in [7, 11) is -17.2. The van der Waals surface area contributed by atoms with E-state index in [1.807, 2.05) is 12.4 Å². The SMILES string of the molecule is CO[C@@H]1C[C@H](C(=O)N(c2ccc(S(F)(F)(F)(F)F)cc2)C(C(=O)N2CCCC3(COC3)C2)c2cccnc2)N(C#N)C1.CO[C@@H]1C[C@H](C(=O)N(c2ccc(S(F)(F)(F)(F)F)cc2)C(C(=O)N2CCCC3(COC3)C2)c2cccnc2)N(C#N)C1. The van der Waals surface area contributed by atoms with Gasteiger partial charge in [-0.15, -0.1) is 0 Å². The lowest BCUT2D eigenvalue weighted by Gasteiger charge is -2.49. The molecule has 10 rings (SSSR count). The topological polar surface area (TPSA) is 198 Å². The number of pyridine rings is 2. The predicted molar refractivity (Wildman–Crippen MR) is 286 cm³/mol. The highest BCUT2D eigenvalue weighted by Gasteiger charge is 2.66. The molecule has 0 bridgehead atoms. The monoisotopic (exact) mass is 1230 g/mol. The first-order chi connectivity index (χ1) is 39.3. The first kappa shape index (κ1) is 61.6. The number of anilines is 2. The molecule has 0 N–H and O–H groups in total. The summed E-state index contributed by atoms with van der Waals surface area (Å²) in [6, 6.07) is 4.98. The molecule has 4 aromatic rings. The zero-order valence-corrected chi connectivity index (χ0v) is 47.0. The van der Waals surface area contributed by atoms with Gasteiger partial charge < -0.3 is 28.7 Å². The van der Waals surface area contributed by atoms with Crippen molar-refractivity contribution < 1.29 is 77.0 Å². The molecule has 456 valence electrons. The maximum absolute atomic E-state index is 14.3. The van der Waals surface area contributed by atoms with Crippen LogP contribution < -0.4 is 9.80 Å². The van der Waals surface area contributed by atoms with Gasteiger partial charge in [-0.3, -0.25) is 48.7 Å². The average molecular weight is 1230 g/mol. The lowest BCUT2D eigenvalue weighted by molar-refractivity contribution is -0.161. The number of aromatic nitrogens is 2. The fourth-order valence-electron chi connectivity index (χ4n) is 11.8. The van der Waals surface area contributed by atoms with Crippen LogP contribution in [0.5, 0.6) is 0 Å². The number of rotatable bonds is 14. The number of likely N-dealkylation sites (tertiary alicyclic amines) is 4. The van der Waals surface area contributed by atoms with Crippen molar-refractivity contribution in [3.05, 3.63) is 109 Å². The standard InChI is InChI=1S/2C27H30F5N5O4S/c2*1-40-21-12-23(36(14-21)18-33)25(38)37(20-5-7-22(8-6-20)42(28,29,30,31)32)24(19-4-2-10-34-13-19)26(39)35-11-3-9-27(15-35)16-41-17-27/h2*2,4-8,10,13,21,23-24H,3,9,11-12,14-17H2,1H3/t2*21-,23-,24?/m11/s1. The van der Waals surface area contributed by atoms with Crippen molar-refractivity contribution in [2.45, 2.75) is 84.7 Å². The third-order valence-electron chi connectivity index (χ3n) is 16.2. The van der Waals surface area contributed by atoms with E-state index in [1.54, 1.807) is 34.1 Å². The number of carbonyl (C=O) groups excluding carboxylic acids is 4. The van der Waals surface area contributed by atoms with Crippen LogP contribution in [0.3, 0.4) is 0 Å². The van der Waals surface area contributed by atoms with Gasteiger partial charge in [-0.2, -0.15) is 10.5 Å². The number of hydrogen-bond donors (Lipinski definition) is 0. The second kappa shape index (κ2) is 21.5. The highest BCUT2D eigenvalue weighted by atomic mass is 32.5. The van der Waals surface area contributed by atoms with Crippen molar-refractivity contribution in [3.8, 4) is 12.4 Å². The molecule has 2 spiro atoms. The van der Waals surface area contributed by atoms with Gasteiger partial charge in [0.25, 0.3) is 11.8 Å². The molecular formula is C54H60F10N10O8S2. The molecule has 30 heteroatoms. The third-order valence-corrected chi connectivity index (χ3v) is 18.5. The van der Waals surface area contributed by atoms with Crippen LogP contribution in [0.1, 0.15) is 61.7 Å². The molecule has 18 nitrogen and oxygen atoms in total. The second-order valence-electron chi connectivity index (χ2n) is 22.2. The summed E-state index contributed by atoms with van der Waals surface area (Å²) in [6.45, 7) is 3.54. The number of amides is 4. The maximum atomic E-state index is 14.3. The van der Waals surface area contributed by atoms with Crippen LogP contribution in [0, 0.1) is 33.7 Å². The number of carbonyl (C=O) groups is 4. The van der Waals surface area contributed by atoms with Gasteiger partial charge in [-0.25, -0.2) is 0 Å². The van der Waals surface area contributed by atoms with Crippen LogP contribution in [0.2, 0.25) is 0 Å². The largest absolute Gasteiger partial charge is 0.380 e. The van der Waals surface area contributed by atoms with Crippen molar-refractivity contribution >= 4 is 55.5 Å². The summed E-state index contributed by atoms with van der Waals surface area (Å²) in [5, 5.41) is 19.5. The van der Waals surface area contributed by atoms with Crippen LogP contribution >= 0.6 is 20.4 Å². The summed E-state index contributed by atoms with van der Waals surface area (Å²) in [5.74, 6) is -2.55. The lowest BCUT2D eigenvalue weighted by Crippen LogP contribution is -2.58.